The van der Waals surface area contributed by atoms with Gasteiger partial charge < -0.3 is 9.64 Å². The Hall–Kier alpha value is -2.97. The largest absolute Gasteiger partial charge is 0.466 e. The zero-order valence-corrected chi connectivity index (χ0v) is 23.0. The number of carbonyl (C=O) groups excluding carboxylic acids is 1. The van der Waals surface area contributed by atoms with Gasteiger partial charge in [-0.3, -0.25) is 9.36 Å². The molecule has 0 saturated heterocycles. The molecule has 0 spiro atoms. The number of thiazole rings is 1. The summed E-state index contributed by atoms with van der Waals surface area (Å²) in [6.45, 7) is 6.05. The van der Waals surface area contributed by atoms with Crippen LogP contribution in [0.4, 0.5) is 5.69 Å². The fourth-order valence-electron chi connectivity index (χ4n) is 4.20. The Morgan fingerprint density at radius 2 is 1.89 bits per heavy atom. The quantitative estimate of drug-likeness (QED) is 0.440. The van der Waals surface area contributed by atoms with Crippen LogP contribution in [0.1, 0.15) is 49.4 Å². The van der Waals surface area contributed by atoms with Crippen molar-refractivity contribution in [1.82, 2.24) is 4.57 Å². The van der Waals surface area contributed by atoms with Crippen molar-refractivity contribution < 1.29 is 9.53 Å². The van der Waals surface area contributed by atoms with Crippen LogP contribution in [0.15, 0.2) is 68.0 Å². The van der Waals surface area contributed by atoms with Crippen molar-refractivity contribution in [3.63, 3.8) is 0 Å². The summed E-state index contributed by atoms with van der Waals surface area (Å²) in [6, 6.07) is 13.4. The van der Waals surface area contributed by atoms with Crippen LogP contribution in [0.3, 0.4) is 0 Å². The molecule has 0 amide bonds. The predicted octanol–water partition coefficient (Wildman–Crippen LogP) is 4.36. The first-order chi connectivity index (χ1) is 16.6. The zero-order chi connectivity index (χ0) is 25.4. The van der Waals surface area contributed by atoms with E-state index in [1.807, 2.05) is 67.5 Å². The molecule has 0 radical (unpaired) electrons. The van der Waals surface area contributed by atoms with E-state index in [4.69, 9.17) is 4.74 Å². The van der Waals surface area contributed by atoms with Gasteiger partial charge in [-0.2, -0.15) is 0 Å². The van der Waals surface area contributed by atoms with Crippen LogP contribution in [0.2, 0.25) is 0 Å². The molecular formula is C27H28BrN3O3S. The molecule has 4 rings (SSSR count). The molecule has 6 nitrogen and oxygen atoms in total. The molecule has 0 saturated carbocycles. The normalized spacial score (nSPS) is 15.8. The van der Waals surface area contributed by atoms with E-state index < -0.39 is 12.0 Å². The van der Waals surface area contributed by atoms with E-state index in [0.29, 0.717) is 26.5 Å². The third-order valence-corrected chi connectivity index (χ3v) is 7.72. The van der Waals surface area contributed by atoms with Crippen molar-refractivity contribution in [2.75, 3.05) is 26.1 Å². The van der Waals surface area contributed by atoms with Gasteiger partial charge in [0.1, 0.15) is 0 Å². The van der Waals surface area contributed by atoms with Crippen LogP contribution >= 0.6 is 27.3 Å². The van der Waals surface area contributed by atoms with Gasteiger partial charge in [0, 0.05) is 18.6 Å². The molecule has 1 atom stereocenters. The maximum atomic E-state index is 13.7. The van der Waals surface area contributed by atoms with E-state index in [0.717, 1.165) is 21.3 Å². The van der Waals surface area contributed by atoms with Crippen molar-refractivity contribution in [2.24, 2.45) is 4.99 Å². The number of aromatic nitrogens is 1. The summed E-state index contributed by atoms with van der Waals surface area (Å²) >= 11 is 4.93. The Labute approximate surface area is 217 Å². The smallest absolute Gasteiger partial charge is 0.338 e. The number of methoxy groups -OCH3 is 1. The first kappa shape index (κ1) is 25.1. The monoisotopic (exact) mass is 553 g/mol. The van der Waals surface area contributed by atoms with Crippen molar-refractivity contribution in [3.8, 4) is 0 Å². The molecule has 0 N–H and O–H groups in total. The number of fused-ring (bicyclic) bond motifs is 1. The van der Waals surface area contributed by atoms with E-state index in [1.54, 1.807) is 11.5 Å². The van der Waals surface area contributed by atoms with E-state index in [9.17, 15) is 9.59 Å². The highest BCUT2D eigenvalue weighted by atomic mass is 79.9. The Morgan fingerprint density at radius 3 is 2.46 bits per heavy atom. The zero-order valence-electron chi connectivity index (χ0n) is 20.6. The third-order valence-electron chi connectivity index (χ3n) is 6.10. The molecule has 182 valence electrons. The van der Waals surface area contributed by atoms with Gasteiger partial charge in [-0.25, -0.2) is 9.79 Å². The highest BCUT2D eigenvalue weighted by Gasteiger charge is 2.33. The number of anilines is 1. The lowest BCUT2D eigenvalue weighted by molar-refractivity contribution is -0.136. The molecule has 0 aliphatic carbocycles. The number of halogens is 1. The van der Waals surface area contributed by atoms with Crippen LogP contribution < -0.4 is 19.8 Å². The van der Waals surface area contributed by atoms with E-state index >= 15 is 0 Å². The van der Waals surface area contributed by atoms with Crippen LogP contribution in [0.5, 0.6) is 0 Å². The van der Waals surface area contributed by atoms with Crippen molar-refractivity contribution in [1.29, 1.82) is 0 Å². The third kappa shape index (κ3) is 4.77. The summed E-state index contributed by atoms with van der Waals surface area (Å²) in [5.74, 6) is -0.108. The molecule has 35 heavy (non-hydrogen) atoms. The molecule has 3 aromatic rings. The number of esters is 1. The molecule has 0 bridgehead atoms. The van der Waals surface area contributed by atoms with E-state index in [2.05, 4.69) is 34.8 Å². The summed E-state index contributed by atoms with van der Waals surface area (Å²) < 4.78 is 8.20. The Kier molecular flexibility index (Phi) is 7.15. The lowest BCUT2D eigenvalue weighted by atomic mass is 9.93. The second-order valence-electron chi connectivity index (χ2n) is 9.00. The fraction of sp³-hybridized carbons (Fsp3) is 0.296. The van der Waals surface area contributed by atoms with Crippen LogP contribution in [-0.4, -0.2) is 31.7 Å². The van der Waals surface area contributed by atoms with Gasteiger partial charge in [0.15, 0.2) is 4.80 Å². The molecule has 0 unspecified atom stereocenters. The first-order valence-electron chi connectivity index (χ1n) is 11.3. The number of rotatable bonds is 5. The Bertz CT molecular complexity index is 1500. The molecule has 1 aliphatic rings. The molecule has 8 heteroatoms. The van der Waals surface area contributed by atoms with Gasteiger partial charge in [-0.15, -0.1) is 0 Å². The summed E-state index contributed by atoms with van der Waals surface area (Å²) in [5, 5.41) is 0. The van der Waals surface area contributed by atoms with Gasteiger partial charge >= 0.3 is 5.97 Å². The Morgan fingerprint density at radius 1 is 1.20 bits per heavy atom. The average Bonchev–Trinajstić information content (AvgIpc) is 3.11. The number of carbonyl (C=O) groups is 1. The number of allylic oxidation sites excluding steroid dienone is 1. The molecule has 1 aliphatic heterocycles. The van der Waals surface area contributed by atoms with Crippen molar-refractivity contribution in [2.45, 2.75) is 32.7 Å². The van der Waals surface area contributed by atoms with Crippen LogP contribution in [-0.2, 0) is 9.53 Å². The highest BCUT2D eigenvalue weighted by Crippen LogP contribution is 2.31. The van der Waals surface area contributed by atoms with Gasteiger partial charge in [0.2, 0.25) is 0 Å². The van der Waals surface area contributed by atoms with Gasteiger partial charge in [0.05, 0.1) is 34.6 Å². The Balaban J connectivity index is 1.91. The number of benzene rings is 2. The number of nitrogens with zero attached hydrogens (tertiary/aromatic N) is 3. The molecule has 2 aromatic carbocycles. The number of hydrogen-bond donors (Lipinski definition) is 0. The van der Waals surface area contributed by atoms with E-state index in [1.165, 1.54) is 24.0 Å². The number of ether oxygens (including phenoxy) is 1. The van der Waals surface area contributed by atoms with Crippen molar-refractivity contribution >= 4 is 45.0 Å². The SMILES string of the molecule is COC(=O)C1=C(C)N=c2s/c(=C\c3ccc(N(C)C)c(Br)c3)c(=O)n2[C@H]1c1ccc(C(C)C)cc1. The fourth-order valence-corrected chi connectivity index (χ4v) is 6.00. The standard InChI is InChI=1S/C27H28BrN3O3S/c1-15(2)18-8-10-19(11-9-18)24-23(26(33)34-6)16(3)29-27-31(24)25(32)22(35-27)14-17-7-12-21(30(4)5)20(28)13-17/h7-15,24H,1-6H3/b22-14-/t24-/m0/s1. The highest BCUT2D eigenvalue weighted by molar-refractivity contribution is 9.10. The summed E-state index contributed by atoms with van der Waals surface area (Å²) in [4.78, 5) is 33.7. The maximum Gasteiger partial charge on any atom is 0.338 e. The average molecular weight is 555 g/mol. The topological polar surface area (TPSA) is 63.9 Å². The molecule has 1 aromatic heterocycles. The minimum atomic E-state index is -0.607. The van der Waals surface area contributed by atoms with Gasteiger partial charge in [-0.1, -0.05) is 55.5 Å². The van der Waals surface area contributed by atoms with Crippen molar-refractivity contribution in [3.05, 3.63) is 94.6 Å². The van der Waals surface area contributed by atoms with Crippen LogP contribution in [0, 0.1) is 0 Å². The molecule has 2 heterocycles. The minimum Gasteiger partial charge on any atom is -0.466 e. The summed E-state index contributed by atoms with van der Waals surface area (Å²) in [6.07, 6.45) is 1.87. The summed E-state index contributed by atoms with van der Waals surface area (Å²) in [7, 11) is 5.31. The van der Waals surface area contributed by atoms with Gasteiger partial charge in [0.25, 0.3) is 5.56 Å². The lowest BCUT2D eigenvalue weighted by Crippen LogP contribution is -2.39. The second-order valence-corrected chi connectivity index (χ2v) is 10.9. The summed E-state index contributed by atoms with van der Waals surface area (Å²) in [5.41, 5.74) is 4.72. The second kappa shape index (κ2) is 9.95. The number of hydrogen-bond acceptors (Lipinski definition) is 6. The van der Waals surface area contributed by atoms with Gasteiger partial charge in [-0.05, 0) is 63.7 Å². The predicted molar refractivity (Wildman–Crippen MR) is 145 cm³/mol. The molecule has 0 fully saturated rings. The van der Waals surface area contributed by atoms with Crippen LogP contribution in [0.25, 0.3) is 6.08 Å². The first-order valence-corrected chi connectivity index (χ1v) is 12.9. The van der Waals surface area contributed by atoms with E-state index in [-0.39, 0.29) is 5.56 Å². The minimum absolute atomic E-state index is 0.187. The lowest BCUT2D eigenvalue weighted by Gasteiger charge is -2.24. The maximum absolute atomic E-state index is 13.7. The molecular weight excluding hydrogens is 526 g/mol.